The molecule has 6 heteroatoms. The molecule has 0 aliphatic carbocycles. The summed E-state index contributed by atoms with van der Waals surface area (Å²) in [6.07, 6.45) is 0.745. The molecule has 4 aromatic rings. The number of hydrogen-bond donors (Lipinski definition) is 2. The van der Waals surface area contributed by atoms with Crippen molar-refractivity contribution in [2.45, 2.75) is 13.0 Å². The first-order valence-corrected chi connectivity index (χ1v) is 8.55. The maximum absolute atomic E-state index is 12.5. The summed E-state index contributed by atoms with van der Waals surface area (Å²) in [7, 11) is 0. The maximum Gasteiger partial charge on any atom is 0.355 e. The van der Waals surface area contributed by atoms with Crippen LogP contribution in [-0.2, 0) is 9.53 Å². The van der Waals surface area contributed by atoms with E-state index in [4.69, 9.17) is 4.74 Å². The van der Waals surface area contributed by atoms with Crippen molar-refractivity contribution < 1.29 is 14.3 Å². The Bertz CT molecular complexity index is 1110. The minimum absolute atomic E-state index is 0.310. The number of aromatic amines is 1. The van der Waals surface area contributed by atoms with E-state index in [-0.39, 0.29) is 0 Å². The van der Waals surface area contributed by atoms with E-state index in [1.165, 1.54) is 0 Å². The summed E-state index contributed by atoms with van der Waals surface area (Å²) in [5.74, 6) is -0.982. The van der Waals surface area contributed by atoms with Crippen molar-refractivity contribution in [3.05, 3.63) is 72.6 Å². The van der Waals surface area contributed by atoms with Crippen LogP contribution in [0.3, 0.4) is 0 Å². The average molecular weight is 359 g/mol. The second-order valence-electron chi connectivity index (χ2n) is 6.18. The number of nitrogens with one attached hydrogen (secondary N) is 2. The second kappa shape index (κ2) is 6.92. The number of fused-ring (bicyclic) bond motifs is 2. The Morgan fingerprint density at radius 1 is 1.07 bits per heavy atom. The summed E-state index contributed by atoms with van der Waals surface area (Å²) in [4.78, 5) is 32.1. The van der Waals surface area contributed by atoms with Gasteiger partial charge in [-0.25, -0.2) is 4.79 Å². The Labute approximate surface area is 155 Å². The fourth-order valence-corrected chi connectivity index (χ4v) is 2.91. The van der Waals surface area contributed by atoms with Crippen LogP contribution in [0.4, 0.5) is 5.69 Å². The molecule has 1 atom stereocenters. The van der Waals surface area contributed by atoms with E-state index in [0.29, 0.717) is 11.4 Å². The van der Waals surface area contributed by atoms with Gasteiger partial charge in [-0.1, -0.05) is 24.3 Å². The molecule has 1 unspecified atom stereocenters. The van der Waals surface area contributed by atoms with Crippen LogP contribution in [-0.4, -0.2) is 27.9 Å². The van der Waals surface area contributed by atoms with Crippen molar-refractivity contribution in [2.24, 2.45) is 0 Å². The molecule has 2 aromatic carbocycles. The number of para-hydroxylation sites is 1. The van der Waals surface area contributed by atoms with Gasteiger partial charge < -0.3 is 15.0 Å². The first kappa shape index (κ1) is 16.8. The van der Waals surface area contributed by atoms with E-state index >= 15 is 0 Å². The highest BCUT2D eigenvalue weighted by atomic mass is 16.5. The molecular formula is C21H17N3O3. The van der Waals surface area contributed by atoms with Gasteiger partial charge in [-0.15, -0.1) is 0 Å². The SMILES string of the molecule is CC(OC(=O)c1cc2ccccc2[nH]1)C(=O)Nc1cccc2ncccc12. The standard InChI is InChI=1S/C21H17N3O3/c1-13(27-21(26)19-12-14-6-2-3-8-16(14)23-19)20(25)24-18-10-4-9-17-15(18)7-5-11-22-17/h2-13,23H,1H3,(H,24,25). The molecule has 0 aliphatic heterocycles. The lowest BCUT2D eigenvalue weighted by Crippen LogP contribution is -2.30. The Kier molecular flexibility index (Phi) is 4.30. The van der Waals surface area contributed by atoms with E-state index < -0.39 is 18.0 Å². The minimum atomic E-state index is -0.948. The monoisotopic (exact) mass is 359 g/mol. The molecule has 0 aliphatic rings. The predicted octanol–water partition coefficient (Wildman–Crippen LogP) is 3.90. The number of anilines is 1. The third kappa shape index (κ3) is 3.37. The third-order valence-corrected chi connectivity index (χ3v) is 4.31. The molecule has 0 fully saturated rings. The van der Waals surface area contributed by atoms with Crippen LogP contribution in [0.1, 0.15) is 17.4 Å². The lowest BCUT2D eigenvalue weighted by Gasteiger charge is -2.14. The molecular weight excluding hydrogens is 342 g/mol. The van der Waals surface area contributed by atoms with Crippen molar-refractivity contribution in [3.8, 4) is 0 Å². The number of hydrogen-bond acceptors (Lipinski definition) is 4. The average Bonchev–Trinajstić information content (AvgIpc) is 3.12. The molecule has 2 N–H and O–H groups in total. The number of ether oxygens (including phenoxy) is 1. The number of esters is 1. The Hall–Kier alpha value is -3.67. The van der Waals surface area contributed by atoms with Crippen LogP contribution in [0.5, 0.6) is 0 Å². The summed E-state index contributed by atoms with van der Waals surface area (Å²) in [6.45, 7) is 1.54. The van der Waals surface area contributed by atoms with E-state index in [0.717, 1.165) is 21.8 Å². The molecule has 0 bridgehead atoms. The number of amides is 1. The van der Waals surface area contributed by atoms with Crippen LogP contribution in [0.25, 0.3) is 21.8 Å². The number of rotatable bonds is 4. The van der Waals surface area contributed by atoms with Crippen molar-refractivity contribution in [1.82, 2.24) is 9.97 Å². The molecule has 2 heterocycles. The lowest BCUT2D eigenvalue weighted by molar-refractivity contribution is -0.123. The van der Waals surface area contributed by atoms with Gasteiger partial charge in [-0.3, -0.25) is 9.78 Å². The lowest BCUT2D eigenvalue weighted by atomic mass is 10.2. The number of nitrogens with zero attached hydrogens (tertiary/aromatic N) is 1. The molecule has 0 radical (unpaired) electrons. The number of carbonyl (C=O) groups is 2. The van der Waals surface area contributed by atoms with Gasteiger partial charge in [0, 0.05) is 22.5 Å². The molecule has 27 heavy (non-hydrogen) atoms. The number of aromatic nitrogens is 2. The first-order chi connectivity index (χ1) is 13.1. The number of benzene rings is 2. The largest absolute Gasteiger partial charge is 0.448 e. The summed E-state index contributed by atoms with van der Waals surface area (Å²) < 4.78 is 5.31. The van der Waals surface area contributed by atoms with Crippen LogP contribution >= 0.6 is 0 Å². The van der Waals surface area contributed by atoms with Crippen molar-refractivity contribution in [1.29, 1.82) is 0 Å². The van der Waals surface area contributed by atoms with Gasteiger partial charge in [0.05, 0.1) is 11.2 Å². The van der Waals surface area contributed by atoms with E-state index in [9.17, 15) is 9.59 Å². The zero-order valence-corrected chi connectivity index (χ0v) is 14.6. The van der Waals surface area contributed by atoms with Gasteiger partial charge in [-0.2, -0.15) is 0 Å². The van der Waals surface area contributed by atoms with Gasteiger partial charge in [0.15, 0.2) is 6.10 Å². The second-order valence-corrected chi connectivity index (χ2v) is 6.18. The fraction of sp³-hybridized carbons (Fsp3) is 0.0952. The van der Waals surface area contributed by atoms with Crippen LogP contribution in [0, 0.1) is 0 Å². The number of H-pyrrole nitrogens is 1. The molecule has 4 rings (SSSR count). The summed E-state index contributed by atoms with van der Waals surface area (Å²) >= 11 is 0. The van der Waals surface area contributed by atoms with E-state index in [1.807, 2.05) is 42.5 Å². The highest BCUT2D eigenvalue weighted by molar-refractivity contribution is 6.03. The van der Waals surface area contributed by atoms with Gasteiger partial charge >= 0.3 is 5.97 Å². The van der Waals surface area contributed by atoms with Crippen molar-refractivity contribution in [3.63, 3.8) is 0 Å². The van der Waals surface area contributed by atoms with Crippen LogP contribution in [0.2, 0.25) is 0 Å². The smallest absolute Gasteiger partial charge is 0.355 e. The maximum atomic E-state index is 12.5. The molecule has 6 nitrogen and oxygen atoms in total. The highest BCUT2D eigenvalue weighted by Crippen LogP contribution is 2.22. The Balaban J connectivity index is 1.48. The van der Waals surface area contributed by atoms with Gasteiger partial charge in [-0.05, 0) is 43.3 Å². The zero-order chi connectivity index (χ0) is 18.8. The van der Waals surface area contributed by atoms with Crippen molar-refractivity contribution in [2.75, 3.05) is 5.32 Å². The molecule has 0 saturated carbocycles. The molecule has 0 spiro atoms. The third-order valence-electron chi connectivity index (χ3n) is 4.31. The molecule has 0 saturated heterocycles. The zero-order valence-electron chi connectivity index (χ0n) is 14.6. The topological polar surface area (TPSA) is 84.1 Å². The predicted molar refractivity (Wildman–Crippen MR) is 104 cm³/mol. The van der Waals surface area contributed by atoms with Crippen LogP contribution in [0.15, 0.2) is 66.9 Å². The summed E-state index contributed by atoms with van der Waals surface area (Å²) in [5.41, 5.74) is 2.55. The number of pyridine rings is 1. The van der Waals surface area contributed by atoms with E-state index in [2.05, 4.69) is 15.3 Å². The quantitative estimate of drug-likeness (QED) is 0.541. The van der Waals surface area contributed by atoms with E-state index in [1.54, 1.807) is 31.3 Å². The molecule has 134 valence electrons. The normalized spacial score (nSPS) is 12.0. The number of carbonyl (C=O) groups excluding carboxylic acids is 2. The van der Waals surface area contributed by atoms with Crippen molar-refractivity contribution >= 4 is 39.4 Å². The van der Waals surface area contributed by atoms with Gasteiger partial charge in [0.1, 0.15) is 5.69 Å². The fourth-order valence-electron chi connectivity index (χ4n) is 2.91. The summed E-state index contributed by atoms with van der Waals surface area (Å²) in [5, 5.41) is 4.53. The minimum Gasteiger partial charge on any atom is -0.448 e. The summed E-state index contributed by atoms with van der Waals surface area (Å²) in [6, 6.07) is 18.4. The van der Waals surface area contributed by atoms with Gasteiger partial charge in [0.25, 0.3) is 5.91 Å². The Morgan fingerprint density at radius 3 is 2.78 bits per heavy atom. The van der Waals surface area contributed by atoms with Gasteiger partial charge in [0.2, 0.25) is 0 Å². The Morgan fingerprint density at radius 2 is 1.93 bits per heavy atom. The molecule has 2 aromatic heterocycles. The molecule has 1 amide bonds. The van der Waals surface area contributed by atoms with Crippen LogP contribution < -0.4 is 5.32 Å². The first-order valence-electron chi connectivity index (χ1n) is 8.55. The highest BCUT2D eigenvalue weighted by Gasteiger charge is 2.21.